The Morgan fingerprint density at radius 1 is 1.62 bits per heavy atom. The van der Waals surface area contributed by atoms with Gasteiger partial charge in [-0.25, -0.2) is 9.18 Å². The summed E-state index contributed by atoms with van der Waals surface area (Å²) in [6, 6.07) is 4.02. The second kappa shape index (κ2) is 3.72. The van der Waals surface area contributed by atoms with E-state index in [1.54, 1.807) is 0 Å². The quantitative estimate of drug-likeness (QED) is 0.482. The minimum Gasteiger partial charge on any atom is -0.465 e. The van der Waals surface area contributed by atoms with E-state index >= 15 is 0 Å². The van der Waals surface area contributed by atoms with E-state index in [2.05, 4.69) is 10.7 Å². The minimum absolute atomic E-state index is 0.0608. The number of ether oxygens (including phenoxy) is 1. The molecule has 2 nitrogen and oxygen atoms in total. The molecule has 0 radical (unpaired) electrons. The van der Waals surface area contributed by atoms with Gasteiger partial charge in [0.2, 0.25) is 0 Å². The average molecular weight is 178 g/mol. The molecule has 0 aliphatic heterocycles. The van der Waals surface area contributed by atoms with Crippen molar-refractivity contribution in [3.05, 3.63) is 35.1 Å². The van der Waals surface area contributed by atoms with Crippen LogP contribution in [-0.4, -0.2) is 13.1 Å². The third kappa shape index (κ3) is 1.67. The van der Waals surface area contributed by atoms with Crippen molar-refractivity contribution in [1.82, 2.24) is 0 Å². The first-order valence-electron chi connectivity index (χ1n) is 3.54. The highest BCUT2D eigenvalue weighted by Gasteiger charge is 2.12. The van der Waals surface area contributed by atoms with E-state index in [-0.39, 0.29) is 11.1 Å². The molecule has 1 aromatic carbocycles. The molecule has 3 heteroatoms. The van der Waals surface area contributed by atoms with Crippen molar-refractivity contribution in [2.45, 2.75) is 0 Å². The van der Waals surface area contributed by atoms with Crippen LogP contribution in [0, 0.1) is 18.2 Å². The Balaban J connectivity index is 3.30. The molecule has 0 unspecified atom stereocenters. The van der Waals surface area contributed by atoms with E-state index in [9.17, 15) is 9.18 Å². The molecule has 0 heterocycles. The lowest BCUT2D eigenvalue weighted by molar-refractivity contribution is 0.0600. The van der Waals surface area contributed by atoms with Crippen molar-refractivity contribution in [2.24, 2.45) is 0 Å². The third-order valence-electron chi connectivity index (χ3n) is 1.56. The van der Waals surface area contributed by atoms with Crippen LogP contribution in [0.5, 0.6) is 0 Å². The summed E-state index contributed by atoms with van der Waals surface area (Å²) >= 11 is 0. The maximum Gasteiger partial charge on any atom is 0.339 e. The van der Waals surface area contributed by atoms with Gasteiger partial charge in [0.05, 0.1) is 18.2 Å². The summed E-state index contributed by atoms with van der Waals surface area (Å²) in [5.74, 6) is 0.879. The van der Waals surface area contributed by atoms with Crippen molar-refractivity contribution in [3.63, 3.8) is 0 Å². The highest BCUT2D eigenvalue weighted by molar-refractivity contribution is 5.92. The predicted molar refractivity (Wildman–Crippen MR) is 45.7 cm³/mol. The average Bonchev–Trinajstić information content (AvgIpc) is 2.16. The van der Waals surface area contributed by atoms with Crippen LogP contribution in [0.1, 0.15) is 15.9 Å². The molecule has 1 aromatic rings. The van der Waals surface area contributed by atoms with Gasteiger partial charge in [-0.15, -0.1) is 6.42 Å². The topological polar surface area (TPSA) is 26.3 Å². The third-order valence-corrected chi connectivity index (χ3v) is 1.56. The fourth-order valence-electron chi connectivity index (χ4n) is 0.951. The van der Waals surface area contributed by atoms with Crippen molar-refractivity contribution in [3.8, 4) is 12.3 Å². The van der Waals surface area contributed by atoms with Crippen LogP contribution in [0.25, 0.3) is 0 Å². The number of methoxy groups -OCH3 is 1. The molecule has 0 atom stereocenters. The Morgan fingerprint density at radius 2 is 2.31 bits per heavy atom. The predicted octanol–water partition coefficient (Wildman–Crippen LogP) is 1.59. The van der Waals surface area contributed by atoms with E-state index in [0.717, 1.165) is 0 Å². The Kier molecular flexibility index (Phi) is 2.65. The standard InChI is InChI=1S/C10H7FO2/c1-3-7-8(10(12)13-2)5-4-6-9(7)11/h1,4-6H,2H3. The van der Waals surface area contributed by atoms with Crippen LogP contribution >= 0.6 is 0 Å². The van der Waals surface area contributed by atoms with Crippen molar-refractivity contribution in [1.29, 1.82) is 0 Å². The molecule has 0 fully saturated rings. The summed E-state index contributed by atoms with van der Waals surface area (Å²) in [4.78, 5) is 11.1. The van der Waals surface area contributed by atoms with E-state index in [1.165, 1.54) is 25.3 Å². The SMILES string of the molecule is C#Cc1c(F)cccc1C(=O)OC. The van der Waals surface area contributed by atoms with Crippen LogP contribution < -0.4 is 0 Å². The van der Waals surface area contributed by atoms with Crippen LogP contribution in [0.4, 0.5) is 4.39 Å². The zero-order chi connectivity index (χ0) is 9.84. The zero-order valence-electron chi connectivity index (χ0n) is 7.00. The number of benzene rings is 1. The van der Waals surface area contributed by atoms with Crippen LogP contribution in [0.15, 0.2) is 18.2 Å². The van der Waals surface area contributed by atoms with Crippen molar-refractivity contribution < 1.29 is 13.9 Å². The molecular formula is C10H7FO2. The highest BCUT2D eigenvalue weighted by Crippen LogP contribution is 2.12. The van der Waals surface area contributed by atoms with Gasteiger partial charge in [-0.1, -0.05) is 12.0 Å². The first-order chi connectivity index (χ1) is 6.20. The van der Waals surface area contributed by atoms with Gasteiger partial charge in [0, 0.05) is 0 Å². The van der Waals surface area contributed by atoms with Crippen LogP contribution in [0.2, 0.25) is 0 Å². The number of rotatable bonds is 1. The van der Waals surface area contributed by atoms with E-state index in [4.69, 9.17) is 6.42 Å². The smallest absolute Gasteiger partial charge is 0.339 e. The van der Waals surface area contributed by atoms with Crippen molar-refractivity contribution >= 4 is 5.97 Å². The summed E-state index contributed by atoms with van der Waals surface area (Å²) in [7, 11) is 1.22. The second-order valence-electron chi connectivity index (χ2n) is 2.30. The molecule has 66 valence electrons. The van der Waals surface area contributed by atoms with Gasteiger partial charge in [-0.2, -0.15) is 0 Å². The number of halogens is 1. The van der Waals surface area contributed by atoms with Gasteiger partial charge in [-0.05, 0) is 12.1 Å². The molecule has 0 spiro atoms. The maximum atomic E-state index is 13.0. The summed E-state index contributed by atoms with van der Waals surface area (Å²) in [5, 5.41) is 0. The summed E-state index contributed by atoms with van der Waals surface area (Å²) < 4.78 is 17.4. The Bertz CT molecular complexity index is 377. The molecule has 0 aromatic heterocycles. The first-order valence-corrected chi connectivity index (χ1v) is 3.54. The largest absolute Gasteiger partial charge is 0.465 e. The lowest BCUT2D eigenvalue weighted by atomic mass is 10.1. The summed E-state index contributed by atoms with van der Waals surface area (Å²) in [5.41, 5.74) is 0.0133. The molecule has 0 amide bonds. The number of carbonyl (C=O) groups excluding carboxylic acids is 1. The molecule has 0 saturated carbocycles. The van der Waals surface area contributed by atoms with Gasteiger partial charge < -0.3 is 4.74 Å². The number of hydrogen-bond acceptors (Lipinski definition) is 2. The Labute approximate surface area is 75.3 Å². The molecule has 0 saturated heterocycles. The fourth-order valence-corrected chi connectivity index (χ4v) is 0.951. The van der Waals surface area contributed by atoms with Crippen LogP contribution in [-0.2, 0) is 4.74 Å². The van der Waals surface area contributed by atoms with Crippen molar-refractivity contribution in [2.75, 3.05) is 7.11 Å². The Morgan fingerprint density at radius 3 is 2.85 bits per heavy atom. The number of terminal acetylenes is 1. The van der Waals surface area contributed by atoms with E-state index < -0.39 is 11.8 Å². The molecule has 1 rings (SSSR count). The molecule has 0 bridgehead atoms. The van der Waals surface area contributed by atoms with Gasteiger partial charge in [0.15, 0.2) is 0 Å². The number of hydrogen-bond donors (Lipinski definition) is 0. The van der Waals surface area contributed by atoms with E-state index in [0.29, 0.717) is 0 Å². The van der Waals surface area contributed by atoms with Gasteiger partial charge in [0.1, 0.15) is 5.82 Å². The fraction of sp³-hybridized carbons (Fsp3) is 0.100. The van der Waals surface area contributed by atoms with Gasteiger partial charge in [-0.3, -0.25) is 0 Å². The minimum atomic E-state index is -0.632. The second-order valence-corrected chi connectivity index (χ2v) is 2.30. The first kappa shape index (κ1) is 9.27. The molecule has 0 aliphatic rings. The van der Waals surface area contributed by atoms with Gasteiger partial charge >= 0.3 is 5.97 Å². The number of esters is 1. The molecule has 0 aliphatic carbocycles. The highest BCUT2D eigenvalue weighted by atomic mass is 19.1. The monoisotopic (exact) mass is 178 g/mol. The van der Waals surface area contributed by atoms with Crippen LogP contribution in [0.3, 0.4) is 0 Å². The zero-order valence-corrected chi connectivity index (χ0v) is 7.00. The lowest BCUT2D eigenvalue weighted by Gasteiger charge is -2.02. The summed E-state index contributed by atoms with van der Waals surface area (Å²) in [6.07, 6.45) is 5.05. The van der Waals surface area contributed by atoms with E-state index in [1.807, 2.05) is 0 Å². The summed E-state index contributed by atoms with van der Waals surface area (Å²) in [6.45, 7) is 0. The Hall–Kier alpha value is -1.82. The molecule has 0 N–H and O–H groups in total. The lowest BCUT2D eigenvalue weighted by Crippen LogP contribution is -2.05. The molecular weight excluding hydrogens is 171 g/mol. The maximum absolute atomic E-state index is 13.0. The number of carbonyl (C=O) groups is 1. The van der Waals surface area contributed by atoms with Gasteiger partial charge in [0.25, 0.3) is 0 Å². The molecule has 13 heavy (non-hydrogen) atoms. The normalized spacial score (nSPS) is 9.00.